The third kappa shape index (κ3) is 3.31. The first kappa shape index (κ1) is 15.3. The predicted octanol–water partition coefficient (Wildman–Crippen LogP) is 4.21. The van der Waals surface area contributed by atoms with E-state index in [1.165, 1.54) is 24.6 Å². The minimum atomic E-state index is -0.400. The summed E-state index contributed by atoms with van der Waals surface area (Å²) in [6.07, 6.45) is 1.48. The van der Waals surface area contributed by atoms with Gasteiger partial charge < -0.3 is 14.8 Å². The molecule has 0 spiro atoms. The Labute approximate surface area is 136 Å². The second-order valence-electron chi connectivity index (χ2n) is 3.61. The highest BCUT2D eigenvalue weighted by molar-refractivity contribution is 9.11. The van der Waals surface area contributed by atoms with Crippen molar-refractivity contribution in [3.8, 4) is 5.75 Å². The monoisotopic (exact) mass is 420 g/mol. The quantitative estimate of drug-likeness (QED) is 0.749. The molecule has 2 rings (SSSR count). The summed E-state index contributed by atoms with van der Waals surface area (Å²) in [5.41, 5.74) is 0.788. The number of carbonyl (C=O) groups is 1. The molecule has 0 radical (unpaired) electrons. The fourth-order valence-electron chi connectivity index (χ4n) is 1.42. The predicted molar refractivity (Wildman–Crippen MR) is 85.1 cm³/mol. The van der Waals surface area contributed by atoms with E-state index in [4.69, 9.17) is 4.74 Å². The topological polar surface area (TPSA) is 60.5 Å². The molecular formula is C12H10Br2N2O3S. The van der Waals surface area contributed by atoms with Crippen LogP contribution in [-0.4, -0.2) is 25.2 Å². The normalized spacial score (nSPS) is 10.2. The number of nitrogens with one attached hydrogen (secondary N) is 1. The van der Waals surface area contributed by atoms with Crippen molar-refractivity contribution >= 4 is 60.0 Å². The summed E-state index contributed by atoms with van der Waals surface area (Å²) in [6.45, 7) is 0. The van der Waals surface area contributed by atoms with Crippen molar-refractivity contribution in [3.63, 3.8) is 0 Å². The standard InChI is InChI=1S/C12H10Br2N2O3S/c1-18-9-4-8(6(13)3-7(9)14)16-12-15-5-10(20-12)11(17)19-2/h3-5H,1-2H3,(H,15,16). The van der Waals surface area contributed by atoms with Crippen molar-refractivity contribution in [1.82, 2.24) is 4.98 Å². The molecule has 0 amide bonds. The summed E-state index contributed by atoms with van der Waals surface area (Å²) in [6, 6.07) is 3.70. The molecule has 1 N–H and O–H groups in total. The molecule has 0 unspecified atom stereocenters. The van der Waals surface area contributed by atoms with Crippen molar-refractivity contribution in [2.45, 2.75) is 0 Å². The highest BCUT2D eigenvalue weighted by Crippen LogP contribution is 2.36. The second kappa shape index (κ2) is 6.55. The van der Waals surface area contributed by atoms with Crippen molar-refractivity contribution in [1.29, 1.82) is 0 Å². The van der Waals surface area contributed by atoms with E-state index in [1.807, 2.05) is 12.1 Å². The molecule has 1 aromatic heterocycles. The van der Waals surface area contributed by atoms with Gasteiger partial charge in [0.1, 0.15) is 10.6 Å². The van der Waals surface area contributed by atoms with E-state index < -0.39 is 5.97 Å². The zero-order valence-corrected chi connectivity index (χ0v) is 14.6. The van der Waals surface area contributed by atoms with Crippen LogP contribution in [-0.2, 0) is 4.74 Å². The smallest absolute Gasteiger partial charge is 0.349 e. The summed E-state index contributed by atoms with van der Waals surface area (Å²) in [4.78, 5) is 15.9. The van der Waals surface area contributed by atoms with Crippen LogP contribution in [0, 0.1) is 0 Å². The van der Waals surface area contributed by atoms with E-state index in [-0.39, 0.29) is 0 Å². The molecule has 1 aromatic carbocycles. The highest BCUT2D eigenvalue weighted by atomic mass is 79.9. The van der Waals surface area contributed by atoms with E-state index in [2.05, 4.69) is 46.9 Å². The number of esters is 1. The maximum absolute atomic E-state index is 11.4. The molecule has 20 heavy (non-hydrogen) atoms. The maximum Gasteiger partial charge on any atom is 0.349 e. The van der Waals surface area contributed by atoms with Gasteiger partial charge >= 0.3 is 5.97 Å². The number of anilines is 2. The Hall–Kier alpha value is -1.12. The number of aromatic nitrogens is 1. The zero-order chi connectivity index (χ0) is 14.7. The van der Waals surface area contributed by atoms with Crippen molar-refractivity contribution in [2.24, 2.45) is 0 Å². The summed E-state index contributed by atoms with van der Waals surface area (Å²) in [5.74, 6) is 0.295. The minimum absolute atomic E-state index is 0.400. The molecule has 2 aromatic rings. The molecular weight excluding hydrogens is 412 g/mol. The Morgan fingerprint density at radius 2 is 2.05 bits per heavy atom. The van der Waals surface area contributed by atoms with Crippen LogP contribution in [0.1, 0.15) is 9.67 Å². The Kier molecular flexibility index (Phi) is 5.00. The summed E-state index contributed by atoms with van der Waals surface area (Å²) in [7, 11) is 2.93. The number of hydrogen-bond acceptors (Lipinski definition) is 6. The number of ether oxygens (including phenoxy) is 2. The van der Waals surface area contributed by atoms with E-state index in [1.54, 1.807) is 7.11 Å². The van der Waals surface area contributed by atoms with Gasteiger partial charge in [0.15, 0.2) is 5.13 Å². The minimum Gasteiger partial charge on any atom is -0.495 e. The lowest BCUT2D eigenvalue weighted by molar-refractivity contribution is 0.0606. The second-order valence-corrected chi connectivity index (χ2v) is 6.35. The van der Waals surface area contributed by atoms with Crippen LogP contribution in [0.25, 0.3) is 0 Å². The van der Waals surface area contributed by atoms with Crippen LogP contribution < -0.4 is 10.1 Å². The number of hydrogen-bond donors (Lipinski definition) is 1. The van der Waals surface area contributed by atoms with Crippen molar-refractivity contribution < 1.29 is 14.3 Å². The fourth-order valence-corrected chi connectivity index (χ4v) is 3.43. The van der Waals surface area contributed by atoms with E-state index in [0.717, 1.165) is 14.6 Å². The van der Waals surface area contributed by atoms with Gasteiger partial charge in [0.2, 0.25) is 0 Å². The molecule has 0 saturated heterocycles. The SMILES string of the molecule is COC(=O)c1cnc(Nc2cc(OC)c(Br)cc2Br)s1. The molecule has 0 bridgehead atoms. The Balaban J connectivity index is 2.26. The van der Waals surface area contributed by atoms with Gasteiger partial charge in [0.05, 0.1) is 30.6 Å². The van der Waals surface area contributed by atoms with Crippen LogP contribution in [0.3, 0.4) is 0 Å². The highest BCUT2D eigenvalue weighted by Gasteiger charge is 2.12. The Bertz CT molecular complexity index is 646. The first-order valence-electron chi connectivity index (χ1n) is 5.39. The fraction of sp³-hybridized carbons (Fsp3) is 0.167. The van der Waals surface area contributed by atoms with Crippen LogP contribution in [0.5, 0.6) is 5.75 Å². The van der Waals surface area contributed by atoms with Gasteiger partial charge in [-0.1, -0.05) is 11.3 Å². The van der Waals surface area contributed by atoms with Gasteiger partial charge in [0.25, 0.3) is 0 Å². The lowest BCUT2D eigenvalue weighted by Gasteiger charge is -2.09. The van der Waals surface area contributed by atoms with Crippen molar-refractivity contribution in [2.75, 3.05) is 19.5 Å². The maximum atomic E-state index is 11.4. The summed E-state index contributed by atoms with van der Waals surface area (Å²) >= 11 is 8.07. The molecule has 106 valence electrons. The molecule has 1 heterocycles. The van der Waals surface area contributed by atoms with E-state index in [0.29, 0.717) is 15.8 Å². The number of nitrogens with zero attached hydrogens (tertiary/aromatic N) is 1. The lowest BCUT2D eigenvalue weighted by Crippen LogP contribution is -1.96. The summed E-state index contributed by atoms with van der Waals surface area (Å²) < 4.78 is 11.6. The average molecular weight is 422 g/mol. The molecule has 8 heteroatoms. The van der Waals surface area contributed by atoms with Gasteiger partial charge in [-0.05, 0) is 37.9 Å². The number of thiazole rings is 1. The van der Waals surface area contributed by atoms with Crippen LogP contribution in [0.4, 0.5) is 10.8 Å². The number of rotatable bonds is 4. The third-order valence-electron chi connectivity index (χ3n) is 2.38. The third-order valence-corrected chi connectivity index (χ3v) is 4.54. The molecule has 5 nitrogen and oxygen atoms in total. The van der Waals surface area contributed by atoms with Gasteiger partial charge in [-0.15, -0.1) is 0 Å². The molecule has 0 aliphatic carbocycles. The number of halogens is 2. The van der Waals surface area contributed by atoms with Crippen LogP contribution in [0.15, 0.2) is 27.3 Å². The molecule has 0 aliphatic heterocycles. The largest absolute Gasteiger partial charge is 0.495 e. The van der Waals surface area contributed by atoms with Crippen LogP contribution in [0.2, 0.25) is 0 Å². The first-order valence-corrected chi connectivity index (χ1v) is 7.79. The van der Waals surface area contributed by atoms with Gasteiger partial charge in [-0.3, -0.25) is 0 Å². The van der Waals surface area contributed by atoms with E-state index >= 15 is 0 Å². The molecule has 0 aliphatic rings. The zero-order valence-electron chi connectivity index (χ0n) is 10.6. The number of carbonyl (C=O) groups excluding carboxylic acids is 1. The van der Waals surface area contributed by atoms with Crippen molar-refractivity contribution in [3.05, 3.63) is 32.2 Å². The van der Waals surface area contributed by atoms with Crippen LogP contribution >= 0.6 is 43.2 Å². The Morgan fingerprint density at radius 3 is 2.70 bits per heavy atom. The van der Waals surface area contributed by atoms with E-state index in [9.17, 15) is 4.79 Å². The number of methoxy groups -OCH3 is 2. The van der Waals surface area contributed by atoms with Gasteiger partial charge in [-0.25, -0.2) is 9.78 Å². The molecule has 0 fully saturated rings. The Morgan fingerprint density at radius 1 is 1.30 bits per heavy atom. The first-order chi connectivity index (χ1) is 9.55. The summed E-state index contributed by atoms with van der Waals surface area (Å²) in [5, 5.41) is 3.72. The number of benzene rings is 1. The lowest BCUT2D eigenvalue weighted by atomic mass is 10.3. The molecule has 0 saturated carbocycles. The van der Waals surface area contributed by atoms with Gasteiger partial charge in [0, 0.05) is 10.5 Å². The average Bonchev–Trinajstić information content (AvgIpc) is 2.89. The molecule has 0 atom stereocenters. The van der Waals surface area contributed by atoms with Gasteiger partial charge in [-0.2, -0.15) is 0 Å².